The zero-order valence-corrected chi connectivity index (χ0v) is 12.5. The number of benzene rings is 1. The van der Waals surface area contributed by atoms with E-state index in [1.54, 1.807) is 7.11 Å². The summed E-state index contributed by atoms with van der Waals surface area (Å²) in [5.74, 6) is 0.902. The smallest absolute Gasteiger partial charge is 0.155 e. The molecule has 0 bridgehead atoms. The monoisotopic (exact) mass is 294 g/mol. The minimum atomic E-state index is 0.891. The highest BCUT2D eigenvalue weighted by Gasteiger charge is 2.19. The third-order valence-electron chi connectivity index (χ3n) is 4.32. The van der Waals surface area contributed by atoms with E-state index in [4.69, 9.17) is 4.74 Å². The van der Waals surface area contributed by atoms with E-state index in [0.717, 1.165) is 37.5 Å². The van der Waals surface area contributed by atoms with Crippen LogP contribution >= 0.6 is 0 Å². The van der Waals surface area contributed by atoms with Crippen LogP contribution in [0.4, 0.5) is 0 Å². The van der Waals surface area contributed by atoms with Crippen LogP contribution in [0.1, 0.15) is 16.7 Å². The third-order valence-corrected chi connectivity index (χ3v) is 4.32. The molecular weight excluding hydrogens is 276 g/mol. The number of aromatic amines is 1. The molecule has 5 heteroatoms. The Morgan fingerprint density at radius 2 is 2.09 bits per heavy atom. The molecule has 22 heavy (non-hydrogen) atoms. The minimum absolute atomic E-state index is 0.891. The molecule has 5 nitrogen and oxygen atoms in total. The van der Waals surface area contributed by atoms with Crippen molar-refractivity contribution in [2.45, 2.75) is 19.5 Å². The van der Waals surface area contributed by atoms with Gasteiger partial charge in [-0.1, -0.05) is 12.1 Å². The van der Waals surface area contributed by atoms with Crippen molar-refractivity contribution < 1.29 is 4.74 Å². The van der Waals surface area contributed by atoms with Gasteiger partial charge in [-0.25, -0.2) is 4.98 Å². The zero-order valence-electron chi connectivity index (χ0n) is 12.5. The number of nitrogens with zero attached hydrogens (tertiary/aromatic N) is 3. The molecule has 0 amide bonds. The second kappa shape index (κ2) is 5.42. The topological polar surface area (TPSA) is 54.0 Å². The predicted molar refractivity (Wildman–Crippen MR) is 84.7 cm³/mol. The standard InChI is InChI=1S/C17H18N4O/c1-22-14-4-2-12(3-5-14)10-21-7-6-15-13(11-21)8-18-17-16(15)9-19-20-17/h2-5,8-9H,6-7,10-11H2,1H3,(H,18,19,20). The first-order valence-corrected chi connectivity index (χ1v) is 7.48. The summed E-state index contributed by atoms with van der Waals surface area (Å²) in [6.45, 7) is 2.95. The van der Waals surface area contributed by atoms with Crippen molar-refractivity contribution >= 4 is 11.0 Å². The number of methoxy groups -OCH3 is 1. The average molecular weight is 294 g/mol. The van der Waals surface area contributed by atoms with E-state index in [1.807, 2.05) is 24.5 Å². The van der Waals surface area contributed by atoms with Gasteiger partial charge in [0.2, 0.25) is 0 Å². The maximum atomic E-state index is 5.21. The summed E-state index contributed by atoms with van der Waals surface area (Å²) >= 11 is 0. The normalized spacial score (nSPS) is 15.0. The fraction of sp³-hybridized carbons (Fsp3) is 0.294. The van der Waals surface area contributed by atoms with Gasteiger partial charge < -0.3 is 4.74 Å². The van der Waals surface area contributed by atoms with Gasteiger partial charge in [0.1, 0.15) is 5.75 Å². The molecule has 1 aliphatic rings. The molecule has 0 saturated heterocycles. The number of H-pyrrole nitrogens is 1. The number of ether oxygens (including phenoxy) is 1. The first-order valence-electron chi connectivity index (χ1n) is 7.48. The van der Waals surface area contributed by atoms with E-state index < -0.39 is 0 Å². The van der Waals surface area contributed by atoms with Crippen LogP contribution in [0.25, 0.3) is 11.0 Å². The molecule has 4 rings (SSSR count). The molecule has 0 spiro atoms. The summed E-state index contributed by atoms with van der Waals surface area (Å²) in [5, 5.41) is 8.21. The molecule has 0 fully saturated rings. The van der Waals surface area contributed by atoms with E-state index in [0.29, 0.717) is 0 Å². The Kier molecular flexibility index (Phi) is 3.27. The molecule has 2 aromatic heterocycles. The van der Waals surface area contributed by atoms with Gasteiger partial charge in [-0.15, -0.1) is 0 Å². The molecule has 1 aromatic carbocycles. The molecule has 3 heterocycles. The second-order valence-electron chi connectivity index (χ2n) is 5.70. The number of hydrogen-bond acceptors (Lipinski definition) is 4. The number of nitrogens with one attached hydrogen (secondary N) is 1. The lowest BCUT2D eigenvalue weighted by atomic mass is 9.99. The Morgan fingerprint density at radius 1 is 1.23 bits per heavy atom. The van der Waals surface area contributed by atoms with Crippen molar-refractivity contribution in [2.24, 2.45) is 0 Å². The summed E-state index contributed by atoms with van der Waals surface area (Å²) < 4.78 is 5.21. The largest absolute Gasteiger partial charge is 0.497 e. The van der Waals surface area contributed by atoms with Crippen molar-refractivity contribution in [1.82, 2.24) is 20.1 Å². The predicted octanol–water partition coefficient (Wildman–Crippen LogP) is 2.52. The molecule has 112 valence electrons. The number of fused-ring (bicyclic) bond motifs is 3. The molecule has 0 radical (unpaired) electrons. The van der Waals surface area contributed by atoms with Crippen LogP contribution in [0.15, 0.2) is 36.7 Å². The van der Waals surface area contributed by atoms with Gasteiger partial charge in [0.15, 0.2) is 5.65 Å². The molecule has 0 unspecified atom stereocenters. The first kappa shape index (κ1) is 13.3. The first-order chi connectivity index (χ1) is 10.8. The molecule has 0 saturated carbocycles. The molecule has 0 aliphatic carbocycles. The Hall–Kier alpha value is -2.40. The Balaban J connectivity index is 1.53. The highest BCUT2D eigenvalue weighted by molar-refractivity contribution is 5.79. The lowest BCUT2D eigenvalue weighted by Gasteiger charge is -2.28. The minimum Gasteiger partial charge on any atom is -0.497 e. The summed E-state index contributed by atoms with van der Waals surface area (Å²) in [4.78, 5) is 6.91. The van der Waals surface area contributed by atoms with E-state index in [9.17, 15) is 0 Å². The molecule has 0 atom stereocenters. The van der Waals surface area contributed by atoms with E-state index in [-0.39, 0.29) is 0 Å². The lowest BCUT2D eigenvalue weighted by molar-refractivity contribution is 0.246. The van der Waals surface area contributed by atoms with Gasteiger partial charge in [0.05, 0.1) is 13.3 Å². The van der Waals surface area contributed by atoms with E-state index >= 15 is 0 Å². The molecular formula is C17H18N4O. The Labute approximate surface area is 128 Å². The van der Waals surface area contributed by atoms with Crippen molar-refractivity contribution in [1.29, 1.82) is 0 Å². The quantitative estimate of drug-likeness (QED) is 0.806. The number of rotatable bonds is 3. The zero-order chi connectivity index (χ0) is 14.9. The van der Waals surface area contributed by atoms with E-state index in [1.165, 1.54) is 22.1 Å². The van der Waals surface area contributed by atoms with Gasteiger partial charge in [-0.3, -0.25) is 10.00 Å². The summed E-state index contributed by atoms with van der Waals surface area (Å²) in [6, 6.07) is 8.30. The second-order valence-corrected chi connectivity index (χ2v) is 5.70. The Morgan fingerprint density at radius 3 is 2.91 bits per heavy atom. The SMILES string of the molecule is COc1ccc(CN2CCc3c(cnc4[nH]ncc34)C2)cc1. The van der Waals surface area contributed by atoms with Crippen molar-refractivity contribution in [3.8, 4) is 5.75 Å². The molecule has 1 N–H and O–H groups in total. The van der Waals surface area contributed by atoms with Crippen LogP contribution in [0.5, 0.6) is 5.75 Å². The molecule has 1 aliphatic heterocycles. The van der Waals surface area contributed by atoms with Gasteiger partial charge in [-0.05, 0) is 35.2 Å². The molecule has 3 aromatic rings. The van der Waals surface area contributed by atoms with Gasteiger partial charge in [0.25, 0.3) is 0 Å². The van der Waals surface area contributed by atoms with Crippen LogP contribution in [-0.4, -0.2) is 33.7 Å². The highest BCUT2D eigenvalue weighted by atomic mass is 16.5. The Bertz CT molecular complexity index is 794. The van der Waals surface area contributed by atoms with Crippen molar-refractivity contribution in [3.05, 3.63) is 53.3 Å². The number of aromatic nitrogens is 3. The van der Waals surface area contributed by atoms with Crippen molar-refractivity contribution in [3.63, 3.8) is 0 Å². The number of pyridine rings is 1. The summed E-state index contributed by atoms with van der Waals surface area (Å²) in [6.07, 6.45) is 4.92. The highest BCUT2D eigenvalue weighted by Crippen LogP contribution is 2.25. The average Bonchev–Trinajstić information content (AvgIpc) is 3.04. The van der Waals surface area contributed by atoms with Gasteiger partial charge >= 0.3 is 0 Å². The number of hydrogen-bond donors (Lipinski definition) is 1. The maximum absolute atomic E-state index is 5.21. The van der Waals surface area contributed by atoms with Crippen LogP contribution in [0.2, 0.25) is 0 Å². The van der Waals surface area contributed by atoms with Crippen LogP contribution in [-0.2, 0) is 19.5 Å². The van der Waals surface area contributed by atoms with Crippen LogP contribution < -0.4 is 4.74 Å². The summed E-state index contributed by atoms with van der Waals surface area (Å²) in [5.41, 5.74) is 4.90. The van der Waals surface area contributed by atoms with Crippen LogP contribution in [0, 0.1) is 0 Å². The van der Waals surface area contributed by atoms with Crippen LogP contribution in [0.3, 0.4) is 0 Å². The van der Waals surface area contributed by atoms with E-state index in [2.05, 4.69) is 32.2 Å². The fourth-order valence-electron chi connectivity index (χ4n) is 3.14. The third kappa shape index (κ3) is 2.33. The lowest BCUT2D eigenvalue weighted by Crippen LogP contribution is -2.30. The summed E-state index contributed by atoms with van der Waals surface area (Å²) in [7, 11) is 1.69. The van der Waals surface area contributed by atoms with Gasteiger partial charge in [-0.2, -0.15) is 5.10 Å². The van der Waals surface area contributed by atoms with Crippen molar-refractivity contribution in [2.75, 3.05) is 13.7 Å². The fourth-order valence-corrected chi connectivity index (χ4v) is 3.14. The van der Waals surface area contributed by atoms with Gasteiger partial charge in [0, 0.05) is 31.2 Å². The maximum Gasteiger partial charge on any atom is 0.155 e.